The van der Waals surface area contributed by atoms with Crippen LogP contribution in [0.1, 0.15) is 41.7 Å². The van der Waals surface area contributed by atoms with Crippen molar-refractivity contribution in [3.63, 3.8) is 0 Å². The van der Waals surface area contributed by atoms with E-state index in [1.165, 1.54) is 0 Å². The molecule has 6 nitrogen and oxygen atoms in total. The summed E-state index contributed by atoms with van der Waals surface area (Å²) in [6.07, 6.45) is 4.26. The van der Waals surface area contributed by atoms with Crippen LogP contribution in [0, 0.1) is 0 Å². The highest BCUT2D eigenvalue weighted by Gasteiger charge is 2.22. The predicted molar refractivity (Wildman–Crippen MR) is 109 cm³/mol. The molecule has 3 heterocycles. The molecule has 0 saturated heterocycles. The van der Waals surface area contributed by atoms with Gasteiger partial charge in [0.2, 0.25) is 0 Å². The van der Waals surface area contributed by atoms with Crippen LogP contribution >= 0.6 is 0 Å². The first-order chi connectivity index (χ1) is 13.7. The van der Waals surface area contributed by atoms with E-state index in [0.717, 1.165) is 71.3 Å². The maximum Gasteiger partial charge on any atom is 0.253 e. The van der Waals surface area contributed by atoms with E-state index in [0.29, 0.717) is 12.6 Å². The third-order valence-electron chi connectivity index (χ3n) is 5.86. The van der Waals surface area contributed by atoms with Crippen molar-refractivity contribution in [2.75, 3.05) is 11.9 Å². The second kappa shape index (κ2) is 6.95. The van der Waals surface area contributed by atoms with Crippen LogP contribution in [0.5, 0.6) is 0 Å². The van der Waals surface area contributed by atoms with Gasteiger partial charge in [-0.05, 0) is 43.9 Å². The van der Waals surface area contributed by atoms with Gasteiger partial charge in [0.05, 0.1) is 17.2 Å². The lowest BCUT2D eigenvalue weighted by atomic mass is 9.93. The number of aromatic amines is 1. The number of carbonyl (C=O) groups is 1. The van der Waals surface area contributed by atoms with Gasteiger partial charge in [0, 0.05) is 41.3 Å². The Hall–Kier alpha value is -2.86. The largest absolute Gasteiger partial charge is 0.393 e. The van der Waals surface area contributed by atoms with Gasteiger partial charge < -0.3 is 20.7 Å². The number of rotatable bonds is 3. The number of H-pyrrole nitrogens is 1. The molecule has 1 fully saturated rings. The smallest absolute Gasteiger partial charge is 0.253 e. The SMILES string of the molecule is O=C1NCCc2[nH]c(-c3cccc4ccc(NC5CCC(O)CC5)nc34)cc21. The Morgan fingerprint density at radius 3 is 2.75 bits per heavy atom. The molecular weight excluding hydrogens is 352 g/mol. The van der Waals surface area contributed by atoms with Crippen LogP contribution in [-0.4, -0.2) is 39.7 Å². The van der Waals surface area contributed by atoms with E-state index in [2.05, 4.69) is 27.8 Å². The minimum Gasteiger partial charge on any atom is -0.393 e. The Labute approximate surface area is 163 Å². The normalized spacial score (nSPS) is 22.0. The molecule has 5 rings (SSSR count). The van der Waals surface area contributed by atoms with Crippen LogP contribution in [0.15, 0.2) is 36.4 Å². The van der Waals surface area contributed by atoms with Gasteiger partial charge in [-0.25, -0.2) is 4.98 Å². The number of para-hydroxylation sites is 1. The molecular formula is C22H24N4O2. The second-order valence-corrected chi connectivity index (χ2v) is 7.80. The topological polar surface area (TPSA) is 90.0 Å². The van der Waals surface area contributed by atoms with E-state index in [-0.39, 0.29) is 12.0 Å². The number of anilines is 1. The maximum absolute atomic E-state index is 12.1. The molecule has 1 saturated carbocycles. The van der Waals surface area contributed by atoms with Crippen molar-refractivity contribution in [3.8, 4) is 11.3 Å². The van der Waals surface area contributed by atoms with Gasteiger partial charge in [-0.1, -0.05) is 18.2 Å². The standard InChI is InChI=1S/C22H24N4O2/c27-15-7-5-14(6-8-15)24-20-9-4-13-2-1-3-16(21(13)26-20)19-12-17-18(25-19)10-11-23-22(17)28/h1-4,9,12,14-15,25,27H,5-8,10-11H2,(H,23,28)(H,24,26). The molecule has 4 N–H and O–H groups in total. The van der Waals surface area contributed by atoms with E-state index < -0.39 is 0 Å². The number of aromatic nitrogens is 2. The Kier molecular flexibility index (Phi) is 4.28. The summed E-state index contributed by atoms with van der Waals surface area (Å²) in [5.74, 6) is 0.842. The monoisotopic (exact) mass is 376 g/mol. The molecule has 0 bridgehead atoms. The Balaban J connectivity index is 1.50. The van der Waals surface area contributed by atoms with Crippen molar-refractivity contribution >= 4 is 22.6 Å². The van der Waals surface area contributed by atoms with Crippen LogP contribution < -0.4 is 10.6 Å². The molecule has 2 aliphatic rings. The zero-order chi connectivity index (χ0) is 19.1. The molecule has 6 heteroatoms. The zero-order valence-corrected chi connectivity index (χ0v) is 15.7. The van der Waals surface area contributed by atoms with Crippen LogP contribution in [-0.2, 0) is 6.42 Å². The number of nitrogens with zero attached hydrogens (tertiary/aromatic N) is 1. The number of pyridine rings is 1. The van der Waals surface area contributed by atoms with Crippen LogP contribution in [0.3, 0.4) is 0 Å². The first kappa shape index (κ1) is 17.3. The molecule has 3 aromatic rings. The summed E-state index contributed by atoms with van der Waals surface area (Å²) < 4.78 is 0. The summed E-state index contributed by atoms with van der Waals surface area (Å²) in [7, 11) is 0. The molecule has 0 atom stereocenters. The highest BCUT2D eigenvalue weighted by molar-refractivity contribution is 6.00. The molecule has 28 heavy (non-hydrogen) atoms. The van der Waals surface area contributed by atoms with Gasteiger partial charge in [0.25, 0.3) is 5.91 Å². The second-order valence-electron chi connectivity index (χ2n) is 7.80. The van der Waals surface area contributed by atoms with E-state index in [9.17, 15) is 9.90 Å². The van der Waals surface area contributed by atoms with Crippen LogP contribution in [0.25, 0.3) is 22.2 Å². The number of amides is 1. The minimum atomic E-state index is -0.162. The van der Waals surface area contributed by atoms with Crippen molar-refractivity contribution in [3.05, 3.63) is 47.7 Å². The van der Waals surface area contributed by atoms with E-state index in [4.69, 9.17) is 4.98 Å². The highest BCUT2D eigenvalue weighted by atomic mass is 16.3. The summed E-state index contributed by atoms with van der Waals surface area (Å²) in [5, 5.41) is 17.2. The fraction of sp³-hybridized carbons (Fsp3) is 0.364. The molecule has 0 radical (unpaired) electrons. The number of nitrogens with one attached hydrogen (secondary N) is 3. The van der Waals surface area contributed by atoms with Crippen molar-refractivity contribution in [2.24, 2.45) is 0 Å². The molecule has 1 amide bonds. The summed E-state index contributed by atoms with van der Waals surface area (Å²) >= 11 is 0. The fourth-order valence-corrected chi connectivity index (χ4v) is 4.31. The van der Waals surface area contributed by atoms with Crippen molar-refractivity contribution in [1.29, 1.82) is 0 Å². The van der Waals surface area contributed by atoms with Gasteiger partial charge >= 0.3 is 0 Å². The predicted octanol–water partition coefficient (Wildman–Crippen LogP) is 3.23. The number of hydrogen-bond acceptors (Lipinski definition) is 4. The molecule has 1 aliphatic carbocycles. The van der Waals surface area contributed by atoms with Crippen molar-refractivity contribution in [1.82, 2.24) is 15.3 Å². The first-order valence-corrected chi connectivity index (χ1v) is 10.0. The first-order valence-electron chi connectivity index (χ1n) is 10.0. The zero-order valence-electron chi connectivity index (χ0n) is 15.7. The van der Waals surface area contributed by atoms with E-state index >= 15 is 0 Å². The minimum absolute atomic E-state index is 0.0150. The molecule has 0 unspecified atom stereocenters. The van der Waals surface area contributed by atoms with Gasteiger partial charge in [0.1, 0.15) is 5.82 Å². The lowest BCUT2D eigenvalue weighted by Gasteiger charge is -2.26. The summed E-state index contributed by atoms with van der Waals surface area (Å²) in [5.41, 5.74) is 4.57. The van der Waals surface area contributed by atoms with E-state index in [1.807, 2.05) is 24.3 Å². The summed E-state index contributed by atoms with van der Waals surface area (Å²) in [6, 6.07) is 12.5. The van der Waals surface area contributed by atoms with Gasteiger partial charge in [0.15, 0.2) is 0 Å². The molecule has 0 spiro atoms. The van der Waals surface area contributed by atoms with Crippen molar-refractivity contribution < 1.29 is 9.90 Å². The van der Waals surface area contributed by atoms with Crippen LogP contribution in [0.2, 0.25) is 0 Å². The molecule has 2 aromatic heterocycles. The summed E-state index contributed by atoms with van der Waals surface area (Å²) in [6.45, 7) is 0.670. The average molecular weight is 376 g/mol. The quantitative estimate of drug-likeness (QED) is 0.565. The fourth-order valence-electron chi connectivity index (χ4n) is 4.31. The number of benzene rings is 1. The Morgan fingerprint density at radius 1 is 1.07 bits per heavy atom. The Bertz CT molecular complexity index is 1030. The number of aliphatic hydroxyl groups excluding tert-OH is 1. The third-order valence-corrected chi connectivity index (χ3v) is 5.86. The molecule has 144 valence electrons. The van der Waals surface area contributed by atoms with Gasteiger partial charge in [-0.15, -0.1) is 0 Å². The van der Waals surface area contributed by atoms with E-state index in [1.54, 1.807) is 0 Å². The van der Waals surface area contributed by atoms with Gasteiger partial charge in [-0.2, -0.15) is 0 Å². The van der Waals surface area contributed by atoms with Crippen molar-refractivity contribution in [2.45, 2.75) is 44.2 Å². The van der Waals surface area contributed by atoms with Crippen LogP contribution in [0.4, 0.5) is 5.82 Å². The number of hydrogen-bond donors (Lipinski definition) is 4. The number of fused-ring (bicyclic) bond motifs is 2. The maximum atomic E-state index is 12.1. The Morgan fingerprint density at radius 2 is 1.93 bits per heavy atom. The lowest BCUT2D eigenvalue weighted by molar-refractivity contribution is 0.0946. The lowest BCUT2D eigenvalue weighted by Crippen LogP contribution is -2.31. The third kappa shape index (κ3) is 3.14. The average Bonchev–Trinajstić information content (AvgIpc) is 3.15. The number of carbonyl (C=O) groups excluding carboxylic acids is 1. The highest BCUT2D eigenvalue weighted by Crippen LogP contribution is 2.31. The molecule has 1 aliphatic heterocycles. The van der Waals surface area contributed by atoms with Gasteiger partial charge in [-0.3, -0.25) is 4.79 Å². The molecule has 1 aromatic carbocycles. The summed E-state index contributed by atoms with van der Waals surface area (Å²) in [4.78, 5) is 20.4. The number of aliphatic hydroxyl groups is 1.